The Morgan fingerprint density at radius 3 is 2.33 bits per heavy atom. The summed E-state index contributed by atoms with van der Waals surface area (Å²) >= 11 is 0. The van der Waals surface area contributed by atoms with Gasteiger partial charge >= 0.3 is 0 Å². The lowest BCUT2D eigenvalue weighted by Crippen LogP contribution is -2.42. The lowest BCUT2D eigenvalue weighted by Gasteiger charge is -2.39. The van der Waals surface area contributed by atoms with Crippen LogP contribution in [0.4, 0.5) is 11.6 Å². The summed E-state index contributed by atoms with van der Waals surface area (Å²) in [6.45, 7) is 2.03. The van der Waals surface area contributed by atoms with E-state index in [0.29, 0.717) is 12.4 Å². The van der Waals surface area contributed by atoms with Gasteiger partial charge in [-0.1, -0.05) is 72.3 Å². The van der Waals surface area contributed by atoms with Crippen LogP contribution >= 0.6 is 0 Å². The zero-order chi connectivity index (χ0) is 22.9. The van der Waals surface area contributed by atoms with Crippen LogP contribution in [0.5, 0.6) is 0 Å². The van der Waals surface area contributed by atoms with E-state index in [1.54, 1.807) is 16.8 Å². The van der Waals surface area contributed by atoms with Crippen LogP contribution < -0.4 is 4.90 Å². The smallest absolute Gasteiger partial charge is 0.269 e. The molecule has 2 heterocycles. The van der Waals surface area contributed by atoms with Crippen molar-refractivity contribution in [2.75, 3.05) is 4.90 Å². The highest BCUT2D eigenvalue weighted by Crippen LogP contribution is 2.43. The maximum Gasteiger partial charge on any atom is 0.282 e. The van der Waals surface area contributed by atoms with Crippen LogP contribution in [-0.4, -0.2) is 25.6 Å². The van der Waals surface area contributed by atoms with E-state index in [2.05, 4.69) is 22.2 Å². The molecule has 2 unspecified atom stereocenters. The molecule has 2 atom stereocenters. The van der Waals surface area contributed by atoms with Gasteiger partial charge in [-0.25, -0.2) is 4.68 Å². The zero-order valence-electron chi connectivity index (χ0n) is 17.9. The van der Waals surface area contributed by atoms with Gasteiger partial charge in [0.05, 0.1) is 17.0 Å². The summed E-state index contributed by atoms with van der Waals surface area (Å²) in [7, 11) is 0. The van der Waals surface area contributed by atoms with Crippen LogP contribution in [0.1, 0.15) is 45.6 Å². The van der Waals surface area contributed by atoms with Crippen LogP contribution in [0.25, 0.3) is 0 Å². The summed E-state index contributed by atoms with van der Waals surface area (Å²) in [5.41, 5.74) is 2.93. The minimum Gasteiger partial charge on any atom is -0.269 e. The molecule has 3 aromatic carbocycles. The Morgan fingerprint density at radius 1 is 0.939 bits per heavy atom. The summed E-state index contributed by atoms with van der Waals surface area (Å²) in [5.74, 6) is -0.114. The lowest BCUT2D eigenvalue weighted by molar-refractivity contribution is -0.385. The first-order valence-corrected chi connectivity index (χ1v) is 10.6. The van der Waals surface area contributed by atoms with Crippen molar-refractivity contribution in [2.45, 2.75) is 25.4 Å². The Morgan fingerprint density at radius 2 is 1.61 bits per heavy atom. The van der Waals surface area contributed by atoms with Gasteiger partial charge in [0.1, 0.15) is 11.9 Å². The molecule has 1 amide bonds. The number of aryl methyl sites for hydroxylation is 1. The average Bonchev–Trinajstić information content (AvgIpc) is 3.33. The first-order chi connectivity index (χ1) is 16.0. The van der Waals surface area contributed by atoms with Crippen molar-refractivity contribution in [3.8, 4) is 0 Å². The molecule has 0 N–H and O–H groups in total. The molecule has 33 heavy (non-hydrogen) atoms. The number of anilines is 1. The summed E-state index contributed by atoms with van der Waals surface area (Å²) in [5, 5.41) is 16.0. The largest absolute Gasteiger partial charge is 0.282 e. The minimum atomic E-state index is -0.533. The van der Waals surface area contributed by atoms with E-state index in [1.807, 2.05) is 49.4 Å². The number of rotatable bonds is 4. The highest BCUT2D eigenvalue weighted by Gasteiger charge is 2.41. The highest BCUT2D eigenvalue weighted by molar-refractivity contribution is 6.08. The van der Waals surface area contributed by atoms with Crippen LogP contribution in [0.3, 0.4) is 0 Å². The van der Waals surface area contributed by atoms with Gasteiger partial charge in [0, 0.05) is 6.07 Å². The Bertz CT molecular complexity index is 1320. The third-order valence-corrected chi connectivity index (χ3v) is 6.02. The van der Waals surface area contributed by atoms with E-state index >= 15 is 0 Å². The summed E-state index contributed by atoms with van der Waals surface area (Å²) in [4.78, 5) is 30.8. The van der Waals surface area contributed by atoms with Gasteiger partial charge in [0.2, 0.25) is 5.95 Å². The van der Waals surface area contributed by atoms with Gasteiger partial charge in [-0.15, -0.1) is 0 Å². The molecule has 0 bridgehead atoms. The summed E-state index contributed by atoms with van der Waals surface area (Å²) < 4.78 is 1.73. The van der Waals surface area contributed by atoms with Crippen LogP contribution in [0.15, 0.2) is 85.2 Å². The monoisotopic (exact) mass is 439 g/mol. The molecule has 0 saturated heterocycles. The van der Waals surface area contributed by atoms with Crippen molar-refractivity contribution in [1.29, 1.82) is 0 Å². The third kappa shape index (κ3) is 3.65. The normalized spacial score (nSPS) is 17.4. The Kier molecular flexibility index (Phi) is 5.18. The molecule has 0 fully saturated rings. The van der Waals surface area contributed by atoms with Gasteiger partial charge in [-0.3, -0.25) is 19.8 Å². The number of nitrogens with zero attached hydrogens (tertiary/aromatic N) is 5. The standard InChI is InChI=1S/C25H21N5O3/c1-17-11-13-19(14-12-17)23-15-22(18-7-3-2-4-8-18)28(25-26-16-27-29(23)25)24(31)20-9-5-6-10-21(20)30(32)33/h2-14,16,22-23H,15H2,1H3. The van der Waals surface area contributed by atoms with E-state index in [9.17, 15) is 14.9 Å². The molecule has 0 aliphatic carbocycles. The highest BCUT2D eigenvalue weighted by atomic mass is 16.6. The number of carbonyl (C=O) groups excluding carboxylic acids is 1. The molecule has 1 aliphatic heterocycles. The number of nitro benzene ring substituents is 1. The number of carbonyl (C=O) groups is 1. The van der Waals surface area contributed by atoms with Gasteiger partial charge in [-0.2, -0.15) is 10.1 Å². The Labute approximate surface area is 190 Å². The number of para-hydroxylation sites is 1. The molecular formula is C25H21N5O3. The SMILES string of the molecule is Cc1ccc(C2CC(c3ccccc3)N(C(=O)c3ccccc3[N+](=O)[O-])c3ncnn32)cc1. The molecule has 8 nitrogen and oxygen atoms in total. The number of aromatic nitrogens is 3. The number of hydrogen-bond acceptors (Lipinski definition) is 5. The molecule has 4 aromatic rings. The molecule has 0 radical (unpaired) electrons. The predicted molar refractivity (Wildman–Crippen MR) is 123 cm³/mol. The van der Waals surface area contributed by atoms with E-state index in [1.165, 1.54) is 23.4 Å². The molecule has 0 spiro atoms. The van der Waals surface area contributed by atoms with Crippen molar-refractivity contribution in [3.05, 3.63) is 118 Å². The molecule has 1 aliphatic rings. The van der Waals surface area contributed by atoms with Crippen molar-refractivity contribution in [1.82, 2.24) is 14.8 Å². The van der Waals surface area contributed by atoms with Crippen LogP contribution in [-0.2, 0) is 0 Å². The van der Waals surface area contributed by atoms with E-state index in [4.69, 9.17) is 0 Å². The third-order valence-electron chi connectivity index (χ3n) is 6.02. The number of amides is 1. The van der Waals surface area contributed by atoms with Crippen LogP contribution in [0, 0.1) is 17.0 Å². The minimum absolute atomic E-state index is 0.0202. The van der Waals surface area contributed by atoms with E-state index in [0.717, 1.165) is 16.7 Å². The topological polar surface area (TPSA) is 94.2 Å². The predicted octanol–water partition coefficient (Wildman–Crippen LogP) is 4.88. The van der Waals surface area contributed by atoms with Gasteiger partial charge < -0.3 is 0 Å². The first-order valence-electron chi connectivity index (χ1n) is 10.6. The van der Waals surface area contributed by atoms with Crippen molar-refractivity contribution >= 4 is 17.5 Å². The maximum atomic E-state index is 13.8. The Hall–Kier alpha value is -4.33. The summed E-state index contributed by atoms with van der Waals surface area (Å²) in [6.07, 6.45) is 1.97. The van der Waals surface area contributed by atoms with Gasteiger partial charge in [0.25, 0.3) is 11.6 Å². The average molecular weight is 439 g/mol. The van der Waals surface area contributed by atoms with Crippen LogP contribution in [0.2, 0.25) is 0 Å². The molecule has 164 valence electrons. The Balaban J connectivity index is 1.67. The molecule has 1 aromatic heterocycles. The number of hydrogen-bond donors (Lipinski definition) is 0. The molecule has 5 rings (SSSR count). The zero-order valence-corrected chi connectivity index (χ0v) is 17.9. The fraction of sp³-hybridized carbons (Fsp3) is 0.160. The fourth-order valence-electron chi connectivity index (χ4n) is 4.39. The first kappa shape index (κ1) is 20.6. The van der Waals surface area contributed by atoms with Crippen molar-refractivity contribution < 1.29 is 9.72 Å². The second-order valence-corrected chi connectivity index (χ2v) is 8.04. The van der Waals surface area contributed by atoms with Crippen molar-refractivity contribution in [2.24, 2.45) is 0 Å². The fourth-order valence-corrected chi connectivity index (χ4v) is 4.39. The lowest BCUT2D eigenvalue weighted by atomic mass is 9.91. The van der Waals surface area contributed by atoms with Gasteiger partial charge in [0.15, 0.2) is 0 Å². The van der Waals surface area contributed by atoms with E-state index in [-0.39, 0.29) is 23.3 Å². The van der Waals surface area contributed by atoms with E-state index < -0.39 is 10.8 Å². The number of benzene rings is 3. The second-order valence-electron chi connectivity index (χ2n) is 8.04. The summed E-state index contributed by atoms with van der Waals surface area (Å²) in [6, 6.07) is 23.4. The van der Waals surface area contributed by atoms with Gasteiger partial charge in [-0.05, 0) is 30.5 Å². The maximum absolute atomic E-state index is 13.8. The quantitative estimate of drug-likeness (QED) is 0.334. The number of fused-ring (bicyclic) bond motifs is 1. The molecule has 0 saturated carbocycles. The second kappa shape index (κ2) is 8.31. The molecule has 8 heteroatoms. The number of nitro groups is 1. The van der Waals surface area contributed by atoms with Crippen molar-refractivity contribution in [3.63, 3.8) is 0 Å². The molecular weight excluding hydrogens is 418 g/mol.